The molecule has 0 spiro atoms. The molecule has 2 nitrogen and oxygen atoms in total. The van der Waals surface area contributed by atoms with Crippen LogP contribution in [0.4, 0.5) is 0 Å². The van der Waals surface area contributed by atoms with Crippen LogP contribution in [-0.4, -0.2) is 5.91 Å². The van der Waals surface area contributed by atoms with Crippen molar-refractivity contribution in [3.8, 4) is 0 Å². The lowest BCUT2D eigenvalue weighted by Crippen LogP contribution is -2.27. The molecule has 0 radical (unpaired) electrons. The van der Waals surface area contributed by atoms with Crippen LogP contribution in [0.1, 0.15) is 16.9 Å². The van der Waals surface area contributed by atoms with Gasteiger partial charge >= 0.3 is 0 Å². The molecular formula is C13H13NOS. The van der Waals surface area contributed by atoms with Gasteiger partial charge in [-0.15, -0.1) is 11.3 Å². The average Bonchev–Trinajstić information content (AvgIpc) is 2.66. The number of primary amides is 1. The van der Waals surface area contributed by atoms with E-state index in [4.69, 9.17) is 5.73 Å². The third-order valence-electron chi connectivity index (χ3n) is 3.36. The first kappa shape index (κ1) is 9.85. The molecule has 3 heteroatoms. The van der Waals surface area contributed by atoms with E-state index in [1.807, 2.05) is 11.3 Å². The number of benzene rings is 1. The number of hydrogen-bond acceptors (Lipinski definition) is 2. The van der Waals surface area contributed by atoms with Gasteiger partial charge in [-0.05, 0) is 36.3 Å². The lowest BCUT2D eigenvalue weighted by atomic mass is 9.87. The van der Waals surface area contributed by atoms with Gasteiger partial charge in [-0.25, -0.2) is 0 Å². The monoisotopic (exact) mass is 231 g/mol. The van der Waals surface area contributed by atoms with Crippen LogP contribution in [-0.2, 0) is 17.6 Å². The zero-order valence-corrected chi connectivity index (χ0v) is 9.72. The smallest absolute Gasteiger partial charge is 0.220 e. The van der Waals surface area contributed by atoms with Gasteiger partial charge in [0.2, 0.25) is 5.91 Å². The standard InChI is InChI=1S/C13H13NOS/c14-13(15)8-5-6-10-9-3-1-2-4-11(9)16-12(10)7-8/h1-4,8H,5-7H2,(H2,14,15)/t8-/m0/s1. The van der Waals surface area contributed by atoms with Gasteiger partial charge in [-0.3, -0.25) is 4.79 Å². The maximum atomic E-state index is 11.2. The molecule has 0 saturated carbocycles. The Labute approximate surface area is 98.1 Å². The van der Waals surface area contributed by atoms with Crippen molar-refractivity contribution in [3.63, 3.8) is 0 Å². The summed E-state index contributed by atoms with van der Waals surface area (Å²) in [5, 5.41) is 1.37. The van der Waals surface area contributed by atoms with Crippen molar-refractivity contribution in [3.05, 3.63) is 34.7 Å². The van der Waals surface area contributed by atoms with Gasteiger partial charge in [0.1, 0.15) is 0 Å². The summed E-state index contributed by atoms with van der Waals surface area (Å²) in [5.74, 6) is -0.108. The SMILES string of the molecule is NC(=O)[C@H]1CCc2c(sc3ccccc23)C1. The first-order chi connectivity index (χ1) is 7.75. The Balaban J connectivity index is 2.09. The molecular weight excluding hydrogens is 218 g/mol. The molecule has 16 heavy (non-hydrogen) atoms. The molecule has 1 atom stereocenters. The minimum absolute atomic E-state index is 0.0422. The van der Waals surface area contributed by atoms with Crippen molar-refractivity contribution >= 4 is 27.3 Å². The second-order valence-electron chi connectivity index (χ2n) is 4.34. The maximum absolute atomic E-state index is 11.2. The molecule has 3 rings (SSSR count). The predicted molar refractivity (Wildman–Crippen MR) is 66.5 cm³/mol. The fraction of sp³-hybridized carbons (Fsp3) is 0.308. The molecule has 2 N–H and O–H groups in total. The number of hydrogen-bond donors (Lipinski definition) is 1. The van der Waals surface area contributed by atoms with Crippen LogP contribution in [0.3, 0.4) is 0 Å². The summed E-state index contributed by atoms with van der Waals surface area (Å²) in [6.45, 7) is 0. The summed E-state index contributed by atoms with van der Waals surface area (Å²) in [6, 6.07) is 8.47. The van der Waals surface area contributed by atoms with E-state index < -0.39 is 0 Å². The molecule has 1 aliphatic carbocycles. The van der Waals surface area contributed by atoms with E-state index in [2.05, 4.69) is 24.3 Å². The lowest BCUT2D eigenvalue weighted by Gasteiger charge is -2.19. The van der Waals surface area contributed by atoms with E-state index in [1.54, 1.807) is 0 Å². The van der Waals surface area contributed by atoms with Crippen LogP contribution < -0.4 is 5.73 Å². The molecule has 0 bridgehead atoms. The van der Waals surface area contributed by atoms with Gasteiger partial charge in [0, 0.05) is 15.5 Å². The van der Waals surface area contributed by atoms with Crippen molar-refractivity contribution < 1.29 is 4.79 Å². The molecule has 1 amide bonds. The van der Waals surface area contributed by atoms with E-state index >= 15 is 0 Å². The highest BCUT2D eigenvalue weighted by molar-refractivity contribution is 7.19. The van der Waals surface area contributed by atoms with Gasteiger partial charge in [-0.2, -0.15) is 0 Å². The van der Waals surface area contributed by atoms with E-state index in [9.17, 15) is 4.79 Å². The van der Waals surface area contributed by atoms with E-state index in [0.717, 1.165) is 19.3 Å². The van der Waals surface area contributed by atoms with Crippen molar-refractivity contribution in [2.24, 2.45) is 11.7 Å². The summed E-state index contributed by atoms with van der Waals surface area (Å²) in [4.78, 5) is 12.6. The number of nitrogens with two attached hydrogens (primary N) is 1. The van der Waals surface area contributed by atoms with Crippen molar-refractivity contribution in [2.45, 2.75) is 19.3 Å². The summed E-state index contributed by atoms with van der Waals surface area (Å²) in [7, 11) is 0. The van der Waals surface area contributed by atoms with Crippen LogP contribution >= 0.6 is 11.3 Å². The Morgan fingerprint density at radius 1 is 1.38 bits per heavy atom. The fourth-order valence-electron chi connectivity index (χ4n) is 2.48. The van der Waals surface area contributed by atoms with Gasteiger partial charge in [0.05, 0.1) is 0 Å². The molecule has 1 aliphatic rings. The minimum atomic E-state index is -0.150. The molecule has 0 fully saturated rings. The van der Waals surface area contributed by atoms with Crippen LogP contribution in [0.5, 0.6) is 0 Å². The first-order valence-corrected chi connectivity index (χ1v) is 6.36. The minimum Gasteiger partial charge on any atom is -0.369 e. The Kier molecular flexibility index (Phi) is 2.21. The van der Waals surface area contributed by atoms with Crippen LogP contribution in [0, 0.1) is 5.92 Å². The van der Waals surface area contributed by atoms with Gasteiger partial charge in [-0.1, -0.05) is 18.2 Å². The first-order valence-electron chi connectivity index (χ1n) is 5.54. The number of carbonyl (C=O) groups is 1. The van der Waals surface area contributed by atoms with Crippen molar-refractivity contribution in [1.29, 1.82) is 0 Å². The molecule has 0 saturated heterocycles. The Bertz CT molecular complexity index is 558. The number of fused-ring (bicyclic) bond motifs is 3. The molecule has 1 heterocycles. The third kappa shape index (κ3) is 1.43. The number of carbonyl (C=O) groups excluding carboxylic acids is 1. The van der Waals surface area contributed by atoms with E-state index in [-0.39, 0.29) is 11.8 Å². The fourth-order valence-corrected chi connectivity index (χ4v) is 3.81. The third-order valence-corrected chi connectivity index (χ3v) is 4.59. The lowest BCUT2D eigenvalue weighted by molar-refractivity contribution is -0.122. The second kappa shape index (κ2) is 3.59. The molecule has 0 aliphatic heterocycles. The van der Waals surface area contributed by atoms with E-state index in [1.165, 1.54) is 20.5 Å². The van der Waals surface area contributed by atoms with Crippen LogP contribution in [0.25, 0.3) is 10.1 Å². The number of rotatable bonds is 1. The highest BCUT2D eigenvalue weighted by Gasteiger charge is 2.25. The van der Waals surface area contributed by atoms with Crippen LogP contribution in [0.15, 0.2) is 24.3 Å². The highest BCUT2D eigenvalue weighted by Crippen LogP contribution is 2.37. The Morgan fingerprint density at radius 3 is 3.00 bits per heavy atom. The molecule has 1 aromatic heterocycles. The Hall–Kier alpha value is -1.35. The highest BCUT2D eigenvalue weighted by atomic mass is 32.1. The van der Waals surface area contributed by atoms with Crippen LogP contribution in [0.2, 0.25) is 0 Å². The van der Waals surface area contributed by atoms with Crippen molar-refractivity contribution in [2.75, 3.05) is 0 Å². The van der Waals surface area contributed by atoms with Gasteiger partial charge in [0.15, 0.2) is 0 Å². The average molecular weight is 231 g/mol. The summed E-state index contributed by atoms with van der Waals surface area (Å²) in [5.41, 5.74) is 6.83. The molecule has 0 unspecified atom stereocenters. The summed E-state index contributed by atoms with van der Waals surface area (Å²) in [6.07, 6.45) is 2.74. The summed E-state index contributed by atoms with van der Waals surface area (Å²) >= 11 is 1.81. The number of aryl methyl sites for hydroxylation is 1. The number of thiophene rings is 1. The second-order valence-corrected chi connectivity index (χ2v) is 5.48. The molecule has 2 aromatic rings. The zero-order valence-electron chi connectivity index (χ0n) is 8.90. The Morgan fingerprint density at radius 2 is 2.19 bits per heavy atom. The van der Waals surface area contributed by atoms with E-state index in [0.29, 0.717) is 0 Å². The number of amides is 1. The normalized spacial score (nSPS) is 19.6. The van der Waals surface area contributed by atoms with Crippen molar-refractivity contribution in [1.82, 2.24) is 0 Å². The van der Waals surface area contributed by atoms with Gasteiger partial charge in [0.25, 0.3) is 0 Å². The molecule has 1 aromatic carbocycles. The molecule has 82 valence electrons. The van der Waals surface area contributed by atoms with Gasteiger partial charge < -0.3 is 5.73 Å². The predicted octanol–water partition coefficient (Wildman–Crippen LogP) is 2.49. The maximum Gasteiger partial charge on any atom is 0.220 e. The zero-order chi connectivity index (χ0) is 11.1. The summed E-state index contributed by atoms with van der Waals surface area (Å²) < 4.78 is 1.33. The topological polar surface area (TPSA) is 43.1 Å². The quantitative estimate of drug-likeness (QED) is 0.805. The largest absolute Gasteiger partial charge is 0.369 e.